The van der Waals surface area contributed by atoms with Gasteiger partial charge in [-0.05, 0) is 77.2 Å². The summed E-state index contributed by atoms with van der Waals surface area (Å²) in [5.41, 5.74) is 15.2. The molecular formula is C54H33N3. The Bertz CT molecular complexity index is 3140. The van der Waals surface area contributed by atoms with Crippen LogP contribution in [-0.4, -0.2) is 15.0 Å². The van der Waals surface area contributed by atoms with Gasteiger partial charge in [-0.2, -0.15) is 0 Å². The van der Waals surface area contributed by atoms with E-state index in [9.17, 15) is 0 Å². The lowest BCUT2D eigenvalue weighted by Crippen LogP contribution is -2.26. The van der Waals surface area contributed by atoms with Crippen LogP contribution in [0.2, 0.25) is 0 Å². The van der Waals surface area contributed by atoms with Crippen molar-refractivity contribution in [3.8, 4) is 67.5 Å². The maximum atomic E-state index is 5.07. The van der Waals surface area contributed by atoms with Gasteiger partial charge in [0.2, 0.25) is 0 Å². The van der Waals surface area contributed by atoms with Crippen LogP contribution in [0.3, 0.4) is 0 Å². The van der Waals surface area contributed by atoms with E-state index in [0.717, 1.165) is 27.8 Å². The van der Waals surface area contributed by atoms with E-state index < -0.39 is 0 Å². The molecule has 0 N–H and O–H groups in total. The molecule has 264 valence electrons. The van der Waals surface area contributed by atoms with Crippen LogP contribution in [0.1, 0.15) is 22.3 Å². The van der Waals surface area contributed by atoms with E-state index in [-0.39, 0.29) is 5.41 Å². The number of nitrogens with zero attached hydrogens (tertiary/aromatic N) is 3. The minimum absolute atomic E-state index is 0.390. The van der Waals surface area contributed by atoms with Crippen molar-refractivity contribution in [3.05, 3.63) is 222 Å². The standard InChI is InChI=1S/C54H33N3/c1-3-12-34(13-4-1)35-24-30-40(31-25-35)52-55-51(39-14-5-2-6-15-39)56-53(57-52)41-32-26-36(27-33-41)42-19-11-23-47-50(42)43-18-7-8-20-44(43)54(47)45-21-9-16-37-28-29-38-17-10-22-46(54)49(38)48(37)45/h1-33H. The molecule has 1 aromatic heterocycles. The topological polar surface area (TPSA) is 38.7 Å². The SMILES string of the molecule is c1ccc(-c2ccc(-c3nc(-c4ccccc4)nc(-c4ccc(-c5cccc6c5-c5ccccc5C65c6cccc7ccc8cccc5c8c67)cc4)n3)cc2)cc1. The van der Waals surface area contributed by atoms with Gasteiger partial charge >= 0.3 is 0 Å². The molecule has 0 unspecified atom stereocenters. The van der Waals surface area contributed by atoms with E-state index in [1.807, 2.05) is 24.3 Å². The first-order valence-corrected chi connectivity index (χ1v) is 19.5. The van der Waals surface area contributed by atoms with E-state index in [1.54, 1.807) is 0 Å². The Morgan fingerprint density at radius 1 is 0.263 bits per heavy atom. The highest BCUT2D eigenvalue weighted by Gasteiger charge is 2.51. The lowest BCUT2D eigenvalue weighted by molar-refractivity contribution is 0.797. The number of hydrogen-bond acceptors (Lipinski definition) is 3. The summed E-state index contributed by atoms with van der Waals surface area (Å²) in [6.45, 7) is 0. The minimum atomic E-state index is -0.390. The fourth-order valence-corrected chi connectivity index (χ4v) is 9.67. The summed E-state index contributed by atoms with van der Waals surface area (Å²) in [4.78, 5) is 15.1. The largest absolute Gasteiger partial charge is 0.208 e. The van der Waals surface area contributed by atoms with Crippen LogP contribution in [-0.2, 0) is 5.41 Å². The van der Waals surface area contributed by atoms with E-state index in [2.05, 4.69) is 176 Å². The summed E-state index contributed by atoms with van der Waals surface area (Å²) in [5.74, 6) is 1.94. The normalized spacial score (nSPS) is 13.1. The molecule has 0 aliphatic heterocycles. The maximum absolute atomic E-state index is 5.07. The van der Waals surface area contributed by atoms with Crippen molar-refractivity contribution >= 4 is 21.5 Å². The number of hydrogen-bond donors (Lipinski definition) is 0. The highest BCUT2D eigenvalue weighted by molar-refractivity contribution is 6.17. The van der Waals surface area contributed by atoms with E-state index in [4.69, 9.17) is 15.0 Å². The van der Waals surface area contributed by atoms with Gasteiger partial charge in [-0.3, -0.25) is 0 Å². The zero-order valence-corrected chi connectivity index (χ0v) is 30.9. The van der Waals surface area contributed by atoms with Gasteiger partial charge in [0.05, 0.1) is 5.41 Å². The summed E-state index contributed by atoms with van der Waals surface area (Å²) in [5, 5.41) is 5.34. The van der Waals surface area contributed by atoms with Crippen LogP contribution in [0.25, 0.3) is 89.1 Å². The Morgan fingerprint density at radius 3 is 1.26 bits per heavy atom. The van der Waals surface area contributed by atoms with Crippen LogP contribution in [0.5, 0.6) is 0 Å². The predicted molar refractivity (Wildman–Crippen MR) is 233 cm³/mol. The van der Waals surface area contributed by atoms with Crippen LogP contribution < -0.4 is 0 Å². The Hall–Kier alpha value is -7.49. The molecule has 0 saturated heterocycles. The molecule has 0 saturated carbocycles. The second kappa shape index (κ2) is 12.3. The van der Waals surface area contributed by atoms with E-state index >= 15 is 0 Å². The molecular weight excluding hydrogens is 691 g/mol. The monoisotopic (exact) mass is 723 g/mol. The molecule has 0 atom stereocenters. The fourth-order valence-electron chi connectivity index (χ4n) is 9.67. The van der Waals surface area contributed by atoms with Crippen molar-refractivity contribution in [1.29, 1.82) is 0 Å². The first-order valence-electron chi connectivity index (χ1n) is 19.5. The van der Waals surface area contributed by atoms with Crippen molar-refractivity contribution in [2.45, 2.75) is 5.41 Å². The average molecular weight is 724 g/mol. The highest BCUT2D eigenvalue weighted by Crippen LogP contribution is 2.63. The summed E-state index contributed by atoms with van der Waals surface area (Å²) in [7, 11) is 0. The molecule has 0 amide bonds. The van der Waals surface area contributed by atoms with Gasteiger partial charge in [-0.15, -0.1) is 0 Å². The van der Waals surface area contributed by atoms with Gasteiger partial charge in [0.15, 0.2) is 17.5 Å². The van der Waals surface area contributed by atoms with Crippen molar-refractivity contribution in [1.82, 2.24) is 15.0 Å². The van der Waals surface area contributed by atoms with Crippen LogP contribution in [0, 0.1) is 0 Å². The van der Waals surface area contributed by atoms with Crippen molar-refractivity contribution in [2.75, 3.05) is 0 Å². The lowest BCUT2D eigenvalue weighted by Gasteiger charge is -2.31. The van der Waals surface area contributed by atoms with Crippen molar-refractivity contribution in [2.24, 2.45) is 0 Å². The summed E-state index contributed by atoms with van der Waals surface area (Å²) < 4.78 is 0. The second-order valence-corrected chi connectivity index (χ2v) is 15.1. The predicted octanol–water partition coefficient (Wildman–Crippen LogP) is 13.2. The van der Waals surface area contributed by atoms with Crippen LogP contribution >= 0.6 is 0 Å². The highest BCUT2D eigenvalue weighted by atomic mass is 15.0. The Balaban J connectivity index is 0.989. The summed E-state index contributed by atoms with van der Waals surface area (Å²) in [6, 6.07) is 72.0. The Kier molecular flexibility index (Phi) is 6.84. The van der Waals surface area contributed by atoms with Crippen molar-refractivity contribution < 1.29 is 0 Å². The third-order valence-corrected chi connectivity index (χ3v) is 12.1. The van der Waals surface area contributed by atoms with Gasteiger partial charge in [-0.1, -0.05) is 200 Å². The molecule has 12 rings (SSSR count). The number of aromatic nitrogens is 3. The van der Waals surface area contributed by atoms with Gasteiger partial charge in [0, 0.05) is 16.7 Å². The summed E-state index contributed by atoms with van der Waals surface area (Å²) in [6.07, 6.45) is 0. The first-order chi connectivity index (χ1) is 28.3. The lowest BCUT2D eigenvalue weighted by atomic mass is 9.70. The molecule has 2 aliphatic rings. The average Bonchev–Trinajstić information content (AvgIpc) is 3.77. The number of benzene rings is 9. The smallest absolute Gasteiger partial charge is 0.164 e. The number of fused-ring (bicyclic) bond motifs is 7. The molecule has 3 heteroatoms. The van der Waals surface area contributed by atoms with Crippen molar-refractivity contribution in [3.63, 3.8) is 0 Å². The Morgan fingerprint density at radius 2 is 0.667 bits per heavy atom. The van der Waals surface area contributed by atoms with E-state index in [1.165, 1.54) is 66.1 Å². The van der Waals surface area contributed by atoms with E-state index in [0.29, 0.717) is 17.5 Å². The molecule has 57 heavy (non-hydrogen) atoms. The van der Waals surface area contributed by atoms with Crippen LogP contribution in [0.4, 0.5) is 0 Å². The molecule has 10 aromatic rings. The molecule has 3 nitrogen and oxygen atoms in total. The van der Waals surface area contributed by atoms with Gasteiger partial charge in [0.1, 0.15) is 0 Å². The molecule has 0 bridgehead atoms. The third-order valence-electron chi connectivity index (χ3n) is 12.1. The van der Waals surface area contributed by atoms with Crippen LogP contribution in [0.15, 0.2) is 200 Å². The zero-order chi connectivity index (χ0) is 37.5. The van der Waals surface area contributed by atoms with Gasteiger partial charge in [-0.25, -0.2) is 15.0 Å². The number of rotatable bonds is 5. The van der Waals surface area contributed by atoms with Gasteiger partial charge < -0.3 is 0 Å². The Labute approximate surface area is 330 Å². The minimum Gasteiger partial charge on any atom is -0.208 e. The maximum Gasteiger partial charge on any atom is 0.164 e. The first kappa shape index (κ1) is 31.8. The molecule has 0 radical (unpaired) electrons. The molecule has 9 aromatic carbocycles. The fraction of sp³-hybridized carbons (Fsp3) is 0.0185. The molecule has 1 spiro atoms. The molecule has 0 fully saturated rings. The second-order valence-electron chi connectivity index (χ2n) is 15.1. The zero-order valence-electron chi connectivity index (χ0n) is 30.9. The van der Waals surface area contributed by atoms with Gasteiger partial charge in [0.25, 0.3) is 0 Å². The summed E-state index contributed by atoms with van der Waals surface area (Å²) >= 11 is 0. The molecule has 2 aliphatic carbocycles. The quantitative estimate of drug-likeness (QED) is 0.166. The third kappa shape index (κ3) is 4.63. The molecule has 1 heterocycles.